The van der Waals surface area contributed by atoms with Gasteiger partial charge in [-0.1, -0.05) is 0 Å². The molecule has 1 amide bonds. The van der Waals surface area contributed by atoms with E-state index in [1.54, 1.807) is 42.7 Å². The lowest BCUT2D eigenvalue weighted by Crippen LogP contribution is -2.14. The Bertz CT molecular complexity index is 782. The first kappa shape index (κ1) is 16.8. The van der Waals surface area contributed by atoms with Gasteiger partial charge in [-0.25, -0.2) is 0 Å². The van der Waals surface area contributed by atoms with E-state index in [0.717, 1.165) is 0 Å². The number of carbonyl (C=O) groups is 1. The number of pyridine rings is 1. The van der Waals surface area contributed by atoms with Crippen molar-refractivity contribution in [2.45, 2.75) is 0 Å². The standard InChI is InChI=1S/C17H16N4O3/c1-23-15-6-5-13(8-16(15)24-2)21-17(22)12(9-18)10-20-14-4-3-7-19-11-14/h3-8,10-11,20H,1-2H3,(H,21,22)/b12-10-. The van der Waals surface area contributed by atoms with Crippen molar-refractivity contribution in [3.63, 3.8) is 0 Å². The molecular formula is C17H16N4O3. The Morgan fingerprint density at radius 3 is 2.62 bits per heavy atom. The van der Waals surface area contributed by atoms with Crippen molar-refractivity contribution >= 4 is 17.3 Å². The van der Waals surface area contributed by atoms with Crippen LogP contribution in [0.4, 0.5) is 11.4 Å². The number of nitriles is 1. The lowest BCUT2D eigenvalue weighted by atomic mass is 10.2. The van der Waals surface area contributed by atoms with Crippen molar-refractivity contribution in [1.82, 2.24) is 4.98 Å². The second kappa shape index (κ2) is 8.19. The zero-order chi connectivity index (χ0) is 17.4. The van der Waals surface area contributed by atoms with Gasteiger partial charge in [-0.05, 0) is 24.3 Å². The summed E-state index contributed by atoms with van der Waals surface area (Å²) in [5, 5.41) is 14.6. The number of benzene rings is 1. The minimum absolute atomic E-state index is 0.0753. The summed E-state index contributed by atoms with van der Waals surface area (Å²) >= 11 is 0. The molecular weight excluding hydrogens is 308 g/mol. The van der Waals surface area contributed by atoms with Crippen molar-refractivity contribution in [2.75, 3.05) is 24.9 Å². The van der Waals surface area contributed by atoms with Crippen LogP contribution in [0.15, 0.2) is 54.5 Å². The Kier molecular flexibility index (Phi) is 5.75. The summed E-state index contributed by atoms with van der Waals surface area (Å²) in [6.07, 6.45) is 4.54. The third kappa shape index (κ3) is 4.24. The maximum absolute atomic E-state index is 12.2. The average molecular weight is 324 g/mol. The van der Waals surface area contributed by atoms with Gasteiger partial charge in [-0.3, -0.25) is 9.78 Å². The fraction of sp³-hybridized carbons (Fsp3) is 0.118. The lowest BCUT2D eigenvalue weighted by Gasteiger charge is -2.10. The smallest absolute Gasteiger partial charge is 0.267 e. The number of amides is 1. The van der Waals surface area contributed by atoms with E-state index in [9.17, 15) is 4.79 Å². The third-order valence-electron chi connectivity index (χ3n) is 3.05. The van der Waals surface area contributed by atoms with Gasteiger partial charge in [0.05, 0.1) is 26.1 Å². The van der Waals surface area contributed by atoms with E-state index in [1.165, 1.54) is 20.4 Å². The van der Waals surface area contributed by atoms with Crippen LogP contribution in [-0.4, -0.2) is 25.1 Å². The Morgan fingerprint density at radius 2 is 2.00 bits per heavy atom. The summed E-state index contributed by atoms with van der Waals surface area (Å²) in [4.78, 5) is 16.1. The molecule has 0 radical (unpaired) electrons. The highest BCUT2D eigenvalue weighted by Crippen LogP contribution is 2.29. The van der Waals surface area contributed by atoms with Crippen LogP contribution in [-0.2, 0) is 4.79 Å². The lowest BCUT2D eigenvalue weighted by molar-refractivity contribution is -0.112. The summed E-state index contributed by atoms with van der Waals surface area (Å²) in [6.45, 7) is 0. The molecule has 0 saturated carbocycles. The summed E-state index contributed by atoms with van der Waals surface area (Å²) in [7, 11) is 3.03. The van der Waals surface area contributed by atoms with E-state index in [4.69, 9.17) is 14.7 Å². The molecule has 0 bridgehead atoms. The van der Waals surface area contributed by atoms with Gasteiger partial charge in [-0.2, -0.15) is 5.26 Å². The van der Waals surface area contributed by atoms with Gasteiger partial charge < -0.3 is 20.1 Å². The molecule has 0 fully saturated rings. The summed E-state index contributed by atoms with van der Waals surface area (Å²) in [5.41, 5.74) is 1.08. The molecule has 2 aromatic rings. The molecule has 2 rings (SSSR count). The average Bonchev–Trinajstić information content (AvgIpc) is 2.63. The molecule has 7 nitrogen and oxygen atoms in total. The first-order valence-corrected chi connectivity index (χ1v) is 6.98. The number of methoxy groups -OCH3 is 2. The van der Waals surface area contributed by atoms with Crippen LogP contribution in [0.2, 0.25) is 0 Å². The molecule has 1 aromatic carbocycles. The summed E-state index contributed by atoms with van der Waals surface area (Å²) in [6, 6.07) is 10.3. The van der Waals surface area contributed by atoms with Crippen molar-refractivity contribution in [1.29, 1.82) is 5.26 Å². The molecule has 122 valence electrons. The molecule has 24 heavy (non-hydrogen) atoms. The molecule has 7 heteroatoms. The highest BCUT2D eigenvalue weighted by Gasteiger charge is 2.11. The van der Waals surface area contributed by atoms with Crippen LogP contribution in [0.25, 0.3) is 0 Å². The van der Waals surface area contributed by atoms with Crippen LogP contribution < -0.4 is 20.1 Å². The second-order valence-electron chi connectivity index (χ2n) is 4.58. The molecule has 0 aliphatic carbocycles. The molecule has 0 aliphatic heterocycles. The monoisotopic (exact) mass is 324 g/mol. The number of nitrogens with zero attached hydrogens (tertiary/aromatic N) is 2. The van der Waals surface area contributed by atoms with Crippen LogP contribution >= 0.6 is 0 Å². The number of nitrogens with one attached hydrogen (secondary N) is 2. The number of hydrogen-bond donors (Lipinski definition) is 2. The first-order valence-electron chi connectivity index (χ1n) is 6.98. The quantitative estimate of drug-likeness (QED) is 0.626. The Labute approximate surface area is 139 Å². The number of anilines is 2. The Hall–Kier alpha value is -3.53. The van der Waals surface area contributed by atoms with Crippen LogP contribution in [0.5, 0.6) is 11.5 Å². The van der Waals surface area contributed by atoms with Gasteiger partial charge in [0.1, 0.15) is 11.6 Å². The molecule has 0 saturated heterocycles. The predicted octanol–water partition coefficient (Wildman–Crippen LogP) is 2.56. The van der Waals surface area contributed by atoms with Gasteiger partial charge in [0.15, 0.2) is 11.5 Å². The molecule has 1 heterocycles. The van der Waals surface area contributed by atoms with Crippen molar-refractivity contribution in [3.8, 4) is 17.6 Å². The van der Waals surface area contributed by atoms with Crippen LogP contribution in [0.1, 0.15) is 0 Å². The maximum atomic E-state index is 12.2. The highest BCUT2D eigenvalue weighted by molar-refractivity contribution is 6.06. The minimum Gasteiger partial charge on any atom is -0.493 e. The molecule has 1 aromatic heterocycles. The number of aromatic nitrogens is 1. The van der Waals surface area contributed by atoms with Gasteiger partial charge >= 0.3 is 0 Å². The summed E-state index contributed by atoms with van der Waals surface area (Å²) in [5.74, 6) is 0.483. The van der Waals surface area contributed by atoms with E-state index in [-0.39, 0.29) is 5.57 Å². The Morgan fingerprint density at radius 1 is 1.21 bits per heavy atom. The second-order valence-corrected chi connectivity index (χ2v) is 4.58. The van der Waals surface area contributed by atoms with Crippen LogP contribution in [0.3, 0.4) is 0 Å². The number of carbonyl (C=O) groups excluding carboxylic acids is 1. The third-order valence-corrected chi connectivity index (χ3v) is 3.05. The predicted molar refractivity (Wildman–Crippen MR) is 89.7 cm³/mol. The van der Waals surface area contributed by atoms with Crippen molar-refractivity contribution < 1.29 is 14.3 Å². The fourth-order valence-electron chi connectivity index (χ4n) is 1.86. The minimum atomic E-state index is -0.541. The summed E-state index contributed by atoms with van der Waals surface area (Å²) < 4.78 is 10.3. The SMILES string of the molecule is COc1ccc(NC(=O)/C(C#N)=C\Nc2cccnc2)cc1OC. The highest BCUT2D eigenvalue weighted by atomic mass is 16.5. The molecule has 0 spiro atoms. The van der Waals surface area contributed by atoms with Gasteiger partial charge in [-0.15, -0.1) is 0 Å². The van der Waals surface area contributed by atoms with E-state index in [1.807, 2.05) is 6.07 Å². The molecule has 0 atom stereocenters. The Balaban J connectivity index is 2.11. The van der Waals surface area contributed by atoms with E-state index in [2.05, 4.69) is 15.6 Å². The van der Waals surface area contributed by atoms with E-state index < -0.39 is 5.91 Å². The zero-order valence-electron chi connectivity index (χ0n) is 13.2. The zero-order valence-corrected chi connectivity index (χ0v) is 13.2. The van der Waals surface area contributed by atoms with E-state index in [0.29, 0.717) is 22.9 Å². The number of hydrogen-bond acceptors (Lipinski definition) is 6. The number of ether oxygens (including phenoxy) is 2. The van der Waals surface area contributed by atoms with Gasteiger partial charge in [0.25, 0.3) is 5.91 Å². The van der Waals surface area contributed by atoms with E-state index >= 15 is 0 Å². The molecule has 2 N–H and O–H groups in total. The van der Waals surface area contributed by atoms with Crippen molar-refractivity contribution in [2.24, 2.45) is 0 Å². The fourth-order valence-corrected chi connectivity index (χ4v) is 1.86. The molecule has 0 unspecified atom stereocenters. The molecule has 0 aliphatic rings. The number of rotatable bonds is 6. The first-order chi connectivity index (χ1) is 11.7. The topological polar surface area (TPSA) is 96.3 Å². The van der Waals surface area contributed by atoms with Crippen molar-refractivity contribution in [3.05, 3.63) is 54.5 Å². The van der Waals surface area contributed by atoms with Gasteiger partial charge in [0.2, 0.25) is 0 Å². The normalized spacial score (nSPS) is 10.5. The van der Waals surface area contributed by atoms with Gasteiger partial charge in [0, 0.05) is 24.2 Å². The largest absolute Gasteiger partial charge is 0.493 e. The van der Waals surface area contributed by atoms with Crippen LogP contribution in [0, 0.1) is 11.3 Å². The maximum Gasteiger partial charge on any atom is 0.267 e.